The van der Waals surface area contributed by atoms with Crippen molar-refractivity contribution in [2.75, 3.05) is 13.1 Å². The summed E-state index contributed by atoms with van der Waals surface area (Å²) in [5.41, 5.74) is 5.66. The second-order valence-corrected chi connectivity index (χ2v) is 7.98. The Morgan fingerprint density at radius 3 is 2.72 bits per heavy atom. The molecule has 132 valence electrons. The quantitative estimate of drug-likeness (QED) is 0.641. The van der Waals surface area contributed by atoms with Gasteiger partial charge >= 0.3 is 0 Å². The second-order valence-electron chi connectivity index (χ2n) is 7.60. The molecule has 0 aromatic heterocycles. The first-order valence-corrected chi connectivity index (χ1v) is 9.18. The number of hydrogen-bond acceptors (Lipinski definition) is 1. The van der Waals surface area contributed by atoms with E-state index in [1.807, 2.05) is 6.08 Å². The van der Waals surface area contributed by atoms with Crippen LogP contribution in [0.25, 0.3) is 6.08 Å². The predicted octanol–water partition coefficient (Wildman–Crippen LogP) is 5.96. The molecule has 4 rings (SSSR count). The van der Waals surface area contributed by atoms with Crippen molar-refractivity contribution in [1.29, 1.82) is 0 Å². The molecule has 0 radical (unpaired) electrons. The Kier molecular flexibility index (Phi) is 5.29. The molecule has 1 aliphatic carbocycles. The van der Waals surface area contributed by atoms with Crippen LogP contribution in [-0.4, -0.2) is 18.0 Å². The van der Waals surface area contributed by atoms with E-state index in [4.69, 9.17) is 11.6 Å². The monoisotopic (exact) mass is 373 g/mol. The summed E-state index contributed by atoms with van der Waals surface area (Å²) in [4.78, 5) is 2.62. The average Bonchev–Trinajstić information content (AvgIpc) is 2.92. The molecule has 1 nitrogen and oxygen atoms in total. The molecule has 1 fully saturated rings. The number of hydrogen-bond donors (Lipinski definition) is 0. The summed E-state index contributed by atoms with van der Waals surface area (Å²) >= 11 is 6.64. The van der Waals surface area contributed by atoms with Crippen LogP contribution >= 0.6 is 24.0 Å². The Hall–Kier alpha value is -1.28. The fourth-order valence-electron chi connectivity index (χ4n) is 4.66. The van der Waals surface area contributed by atoms with Gasteiger partial charge in [-0.1, -0.05) is 73.6 Å². The SMILES string of the molecule is C=Cc1ccc2c(c1Cl)CC[C@@]1(C)CN(Cc3ccccc3)C[C@@H]21.Cl. The third-order valence-electron chi connectivity index (χ3n) is 5.97. The van der Waals surface area contributed by atoms with Crippen LogP contribution in [0.5, 0.6) is 0 Å². The molecule has 0 spiro atoms. The first kappa shape index (κ1) is 18.5. The van der Waals surface area contributed by atoms with Gasteiger partial charge < -0.3 is 0 Å². The number of likely N-dealkylation sites (tertiary alicyclic amines) is 1. The number of nitrogens with zero attached hydrogens (tertiary/aromatic N) is 1. The van der Waals surface area contributed by atoms with Gasteiger partial charge in [-0.3, -0.25) is 4.90 Å². The third-order valence-corrected chi connectivity index (χ3v) is 6.41. The highest BCUT2D eigenvalue weighted by Gasteiger charge is 2.46. The topological polar surface area (TPSA) is 3.24 Å². The molecule has 3 heteroatoms. The van der Waals surface area contributed by atoms with Crippen molar-refractivity contribution in [2.24, 2.45) is 5.41 Å². The summed E-state index contributed by atoms with van der Waals surface area (Å²) in [5, 5.41) is 0.922. The lowest BCUT2D eigenvalue weighted by Gasteiger charge is -2.37. The normalized spacial score (nSPS) is 25.0. The minimum absolute atomic E-state index is 0. The maximum absolute atomic E-state index is 6.64. The summed E-state index contributed by atoms with van der Waals surface area (Å²) in [6.07, 6.45) is 4.17. The van der Waals surface area contributed by atoms with E-state index >= 15 is 0 Å². The molecule has 1 aliphatic heterocycles. The highest BCUT2D eigenvalue weighted by molar-refractivity contribution is 6.33. The van der Waals surface area contributed by atoms with E-state index in [0.717, 1.165) is 30.1 Å². The van der Waals surface area contributed by atoms with E-state index < -0.39 is 0 Å². The number of benzene rings is 2. The van der Waals surface area contributed by atoms with E-state index in [1.165, 1.54) is 29.7 Å². The lowest BCUT2D eigenvalue weighted by atomic mass is 9.67. The summed E-state index contributed by atoms with van der Waals surface area (Å²) in [5.74, 6) is 0.585. The Balaban J connectivity index is 0.00000182. The smallest absolute Gasteiger partial charge is 0.0513 e. The summed E-state index contributed by atoms with van der Waals surface area (Å²) < 4.78 is 0. The van der Waals surface area contributed by atoms with Crippen LogP contribution in [0.3, 0.4) is 0 Å². The van der Waals surface area contributed by atoms with E-state index in [2.05, 4.69) is 60.9 Å². The van der Waals surface area contributed by atoms with Crippen LogP contribution in [0.2, 0.25) is 5.02 Å². The molecule has 0 amide bonds. The van der Waals surface area contributed by atoms with Gasteiger partial charge in [0, 0.05) is 25.6 Å². The van der Waals surface area contributed by atoms with Gasteiger partial charge in [0.1, 0.15) is 0 Å². The minimum Gasteiger partial charge on any atom is -0.298 e. The molecule has 1 saturated heterocycles. The minimum atomic E-state index is 0. The van der Waals surface area contributed by atoms with E-state index in [1.54, 1.807) is 0 Å². The van der Waals surface area contributed by atoms with Crippen molar-refractivity contribution in [3.05, 3.63) is 76.3 Å². The zero-order valence-electron chi connectivity index (χ0n) is 14.7. The van der Waals surface area contributed by atoms with Gasteiger partial charge in [-0.15, -0.1) is 12.4 Å². The molecule has 25 heavy (non-hydrogen) atoms. The fourth-order valence-corrected chi connectivity index (χ4v) is 5.00. The standard InChI is InChI=1S/C22H24ClN.ClH/c1-3-17-9-10-18-19(21(17)23)11-12-22(2)15-24(14-20(18)22)13-16-7-5-4-6-8-16;/h3-10,20H,1,11-15H2,2H3;1H/t20-,22-;/m0./s1. The van der Waals surface area contributed by atoms with Gasteiger partial charge in [-0.05, 0) is 40.5 Å². The van der Waals surface area contributed by atoms with Gasteiger partial charge in [-0.25, -0.2) is 0 Å². The summed E-state index contributed by atoms with van der Waals surface area (Å²) in [6, 6.07) is 15.2. The molecule has 0 saturated carbocycles. The van der Waals surface area contributed by atoms with Crippen molar-refractivity contribution in [3.8, 4) is 0 Å². The van der Waals surface area contributed by atoms with Crippen LogP contribution < -0.4 is 0 Å². The van der Waals surface area contributed by atoms with Crippen LogP contribution in [0.4, 0.5) is 0 Å². The predicted molar refractivity (Wildman–Crippen MR) is 110 cm³/mol. The molecule has 2 aromatic rings. The van der Waals surface area contributed by atoms with Crippen LogP contribution in [0.15, 0.2) is 49.0 Å². The van der Waals surface area contributed by atoms with E-state index in [-0.39, 0.29) is 12.4 Å². The highest BCUT2D eigenvalue weighted by Crippen LogP contribution is 2.52. The summed E-state index contributed by atoms with van der Waals surface area (Å²) in [6.45, 7) is 9.69. The van der Waals surface area contributed by atoms with Crippen molar-refractivity contribution in [2.45, 2.75) is 32.2 Å². The maximum atomic E-state index is 6.64. The van der Waals surface area contributed by atoms with Crippen molar-refractivity contribution in [3.63, 3.8) is 0 Å². The first-order valence-electron chi connectivity index (χ1n) is 8.81. The number of halogens is 2. The molecule has 1 heterocycles. The molecule has 0 unspecified atom stereocenters. The van der Waals surface area contributed by atoms with E-state index in [9.17, 15) is 0 Å². The van der Waals surface area contributed by atoms with Crippen molar-refractivity contribution >= 4 is 30.1 Å². The molecular formula is C22H25Cl2N. The lowest BCUT2D eigenvalue weighted by molar-refractivity contribution is 0.240. The van der Waals surface area contributed by atoms with Crippen LogP contribution in [-0.2, 0) is 13.0 Å². The lowest BCUT2D eigenvalue weighted by Crippen LogP contribution is -2.30. The van der Waals surface area contributed by atoms with E-state index in [0.29, 0.717) is 11.3 Å². The van der Waals surface area contributed by atoms with Crippen LogP contribution in [0.1, 0.15) is 41.5 Å². The zero-order valence-corrected chi connectivity index (χ0v) is 16.2. The Labute approximate surface area is 162 Å². The molecule has 2 atom stereocenters. The van der Waals surface area contributed by atoms with Crippen LogP contribution in [0, 0.1) is 5.41 Å². The Morgan fingerprint density at radius 1 is 1.24 bits per heavy atom. The third kappa shape index (κ3) is 3.26. The average molecular weight is 374 g/mol. The molecule has 0 N–H and O–H groups in total. The maximum Gasteiger partial charge on any atom is 0.0513 e. The molecule has 2 aromatic carbocycles. The molecule has 2 aliphatic rings. The molecule has 0 bridgehead atoms. The highest BCUT2D eigenvalue weighted by atomic mass is 35.5. The first-order chi connectivity index (χ1) is 11.6. The fraction of sp³-hybridized carbons (Fsp3) is 0.364. The zero-order chi connectivity index (χ0) is 16.7. The van der Waals surface area contributed by atoms with Crippen molar-refractivity contribution < 1.29 is 0 Å². The van der Waals surface area contributed by atoms with Gasteiger partial charge in [-0.2, -0.15) is 0 Å². The molecular weight excluding hydrogens is 349 g/mol. The largest absolute Gasteiger partial charge is 0.298 e. The Morgan fingerprint density at radius 2 is 2.00 bits per heavy atom. The van der Waals surface area contributed by atoms with Gasteiger partial charge in [0.05, 0.1) is 5.02 Å². The van der Waals surface area contributed by atoms with Crippen molar-refractivity contribution in [1.82, 2.24) is 4.90 Å². The van der Waals surface area contributed by atoms with Gasteiger partial charge in [0.2, 0.25) is 0 Å². The second kappa shape index (κ2) is 7.15. The van der Waals surface area contributed by atoms with Gasteiger partial charge in [0.25, 0.3) is 0 Å². The number of rotatable bonds is 3. The summed E-state index contributed by atoms with van der Waals surface area (Å²) in [7, 11) is 0. The van der Waals surface area contributed by atoms with Gasteiger partial charge in [0.15, 0.2) is 0 Å². The Bertz CT molecular complexity index is 771. The number of fused-ring (bicyclic) bond motifs is 3.